The minimum Gasteiger partial charge on any atom is -0.381 e. The van der Waals surface area contributed by atoms with Crippen LogP contribution in [0.25, 0.3) is 10.1 Å². The first kappa shape index (κ1) is 16.9. The van der Waals surface area contributed by atoms with Gasteiger partial charge in [0.15, 0.2) is 5.96 Å². The van der Waals surface area contributed by atoms with Gasteiger partial charge in [-0.05, 0) is 48.6 Å². The SMILES string of the molecule is CCNC(=NCCc1csc2ccccc12)N1CCC2(CCOC2)C1. The van der Waals surface area contributed by atoms with Crippen LogP contribution in [0.1, 0.15) is 25.3 Å². The molecule has 1 aromatic heterocycles. The lowest BCUT2D eigenvalue weighted by molar-refractivity contribution is 0.156. The zero-order valence-electron chi connectivity index (χ0n) is 15.0. The van der Waals surface area contributed by atoms with Crippen molar-refractivity contribution in [1.29, 1.82) is 0 Å². The molecule has 1 atom stereocenters. The molecule has 134 valence electrons. The van der Waals surface area contributed by atoms with Crippen LogP contribution in [-0.2, 0) is 11.2 Å². The summed E-state index contributed by atoms with van der Waals surface area (Å²) in [5.74, 6) is 1.07. The number of nitrogens with one attached hydrogen (secondary N) is 1. The number of nitrogens with zero attached hydrogens (tertiary/aromatic N) is 2. The Kier molecular flexibility index (Phi) is 4.95. The van der Waals surface area contributed by atoms with E-state index in [1.54, 1.807) is 0 Å². The number of thiophene rings is 1. The average molecular weight is 358 g/mol. The predicted molar refractivity (Wildman–Crippen MR) is 106 cm³/mol. The smallest absolute Gasteiger partial charge is 0.193 e. The topological polar surface area (TPSA) is 36.9 Å². The van der Waals surface area contributed by atoms with E-state index in [0.29, 0.717) is 5.41 Å². The number of likely N-dealkylation sites (tertiary alicyclic amines) is 1. The minimum absolute atomic E-state index is 0.375. The van der Waals surface area contributed by atoms with Gasteiger partial charge in [0.1, 0.15) is 0 Å². The zero-order chi connectivity index (χ0) is 17.1. The van der Waals surface area contributed by atoms with Gasteiger partial charge in [-0.25, -0.2) is 0 Å². The monoisotopic (exact) mass is 357 g/mol. The molecule has 2 aliphatic rings. The molecule has 0 amide bonds. The van der Waals surface area contributed by atoms with E-state index in [1.165, 1.54) is 28.5 Å². The standard InChI is InChI=1S/C20H27N3OS/c1-2-21-19(23-11-8-20(14-23)9-12-24-15-20)22-10-7-16-13-25-18-6-4-3-5-17(16)18/h3-6,13H,2,7-12,14-15H2,1H3,(H,21,22). The van der Waals surface area contributed by atoms with E-state index in [2.05, 4.69) is 46.8 Å². The van der Waals surface area contributed by atoms with Crippen LogP contribution in [-0.4, -0.2) is 50.3 Å². The van der Waals surface area contributed by atoms with Crippen molar-refractivity contribution in [3.63, 3.8) is 0 Å². The van der Waals surface area contributed by atoms with E-state index in [0.717, 1.165) is 51.8 Å². The molecule has 5 heteroatoms. The summed E-state index contributed by atoms with van der Waals surface area (Å²) in [6.45, 7) is 7.92. The molecule has 1 N–H and O–H groups in total. The molecular formula is C20H27N3OS. The maximum absolute atomic E-state index is 5.66. The number of ether oxygens (including phenoxy) is 1. The van der Waals surface area contributed by atoms with Gasteiger partial charge >= 0.3 is 0 Å². The van der Waals surface area contributed by atoms with Crippen molar-refractivity contribution in [2.24, 2.45) is 10.4 Å². The second-order valence-electron chi connectivity index (χ2n) is 7.22. The molecule has 2 aliphatic heterocycles. The Morgan fingerprint density at radius 1 is 1.36 bits per heavy atom. The predicted octanol–water partition coefficient (Wildman–Crippen LogP) is 3.52. The maximum atomic E-state index is 5.66. The number of aliphatic imine (C=N–C) groups is 1. The van der Waals surface area contributed by atoms with Gasteiger partial charge in [-0.15, -0.1) is 11.3 Å². The van der Waals surface area contributed by atoms with E-state index >= 15 is 0 Å². The van der Waals surface area contributed by atoms with Crippen LogP contribution in [0.3, 0.4) is 0 Å². The molecule has 1 spiro atoms. The first-order valence-corrected chi connectivity index (χ1v) is 10.2. The summed E-state index contributed by atoms with van der Waals surface area (Å²) in [5.41, 5.74) is 1.79. The van der Waals surface area contributed by atoms with Crippen molar-refractivity contribution in [3.05, 3.63) is 35.2 Å². The Labute approximate surface area is 153 Å². The molecule has 4 rings (SSSR count). The third kappa shape index (κ3) is 3.53. The average Bonchev–Trinajstić information content (AvgIpc) is 3.36. The van der Waals surface area contributed by atoms with Crippen LogP contribution >= 0.6 is 11.3 Å². The first-order valence-electron chi connectivity index (χ1n) is 9.36. The lowest BCUT2D eigenvalue weighted by atomic mass is 9.87. The largest absolute Gasteiger partial charge is 0.381 e. The van der Waals surface area contributed by atoms with Crippen LogP contribution in [0.5, 0.6) is 0 Å². The quantitative estimate of drug-likeness (QED) is 0.672. The zero-order valence-corrected chi connectivity index (χ0v) is 15.8. The molecule has 3 heterocycles. The Morgan fingerprint density at radius 2 is 2.28 bits per heavy atom. The Hall–Kier alpha value is -1.59. The normalized spacial score (nSPS) is 23.9. The number of fused-ring (bicyclic) bond motifs is 1. The lowest BCUT2D eigenvalue weighted by Crippen LogP contribution is -2.41. The molecule has 0 aliphatic carbocycles. The molecule has 25 heavy (non-hydrogen) atoms. The molecule has 0 radical (unpaired) electrons. The molecular weight excluding hydrogens is 330 g/mol. The van der Waals surface area contributed by atoms with Crippen LogP contribution < -0.4 is 5.32 Å². The summed E-state index contributed by atoms with van der Waals surface area (Å²) in [6.07, 6.45) is 3.43. The highest BCUT2D eigenvalue weighted by molar-refractivity contribution is 7.17. The molecule has 2 fully saturated rings. The van der Waals surface area contributed by atoms with E-state index in [1.807, 2.05) is 11.3 Å². The van der Waals surface area contributed by atoms with E-state index in [9.17, 15) is 0 Å². The van der Waals surface area contributed by atoms with Crippen LogP contribution in [0.2, 0.25) is 0 Å². The summed E-state index contributed by atoms with van der Waals surface area (Å²) in [5, 5.41) is 7.16. The first-order chi connectivity index (χ1) is 12.3. The molecule has 4 nitrogen and oxygen atoms in total. The van der Waals surface area contributed by atoms with Crippen LogP contribution in [0.15, 0.2) is 34.6 Å². The van der Waals surface area contributed by atoms with E-state index in [-0.39, 0.29) is 0 Å². The van der Waals surface area contributed by atoms with Gasteiger partial charge in [0.05, 0.1) is 6.61 Å². The summed E-state index contributed by atoms with van der Waals surface area (Å²) < 4.78 is 7.03. The van der Waals surface area contributed by atoms with Crippen molar-refractivity contribution in [2.75, 3.05) is 39.4 Å². The van der Waals surface area contributed by atoms with Crippen LogP contribution in [0, 0.1) is 5.41 Å². The third-order valence-corrected chi connectivity index (χ3v) is 6.47. The van der Waals surface area contributed by atoms with Crippen LogP contribution in [0.4, 0.5) is 0 Å². The second-order valence-corrected chi connectivity index (χ2v) is 8.13. The van der Waals surface area contributed by atoms with Gasteiger partial charge in [0.25, 0.3) is 0 Å². The summed E-state index contributed by atoms with van der Waals surface area (Å²) in [4.78, 5) is 7.36. The molecule has 2 aromatic rings. The van der Waals surface area contributed by atoms with Crippen molar-refractivity contribution in [1.82, 2.24) is 10.2 Å². The number of benzene rings is 1. The number of hydrogen-bond donors (Lipinski definition) is 1. The third-order valence-electron chi connectivity index (χ3n) is 5.46. The fraction of sp³-hybridized carbons (Fsp3) is 0.550. The van der Waals surface area contributed by atoms with E-state index in [4.69, 9.17) is 9.73 Å². The van der Waals surface area contributed by atoms with Gasteiger partial charge < -0.3 is 15.0 Å². The highest BCUT2D eigenvalue weighted by Gasteiger charge is 2.42. The number of rotatable bonds is 4. The molecule has 1 aromatic carbocycles. The number of guanidine groups is 1. The highest BCUT2D eigenvalue weighted by atomic mass is 32.1. The Balaban J connectivity index is 1.42. The van der Waals surface area contributed by atoms with Crippen molar-refractivity contribution >= 4 is 27.4 Å². The van der Waals surface area contributed by atoms with Crippen molar-refractivity contribution in [3.8, 4) is 0 Å². The van der Waals surface area contributed by atoms with Gasteiger partial charge in [0.2, 0.25) is 0 Å². The minimum atomic E-state index is 0.375. The Bertz CT molecular complexity index is 748. The second kappa shape index (κ2) is 7.34. The fourth-order valence-electron chi connectivity index (χ4n) is 4.02. The lowest BCUT2D eigenvalue weighted by Gasteiger charge is -2.25. The maximum Gasteiger partial charge on any atom is 0.193 e. The summed E-state index contributed by atoms with van der Waals surface area (Å²) in [7, 11) is 0. The van der Waals surface area contributed by atoms with E-state index < -0.39 is 0 Å². The summed E-state index contributed by atoms with van der Waals surface area (Å²) in [6, 6.07) is 8.66. The van der Waals surface area contributed by atoms with Crippen molar-refractivity contribution in [2.45, 2.75) is 26.2 Å². The fourth-order valence-corrected chi connectivity index (χ4v) is 5.02. The van der Waals surface area contributed by atoms with Gasteiger partial charge in [-0.1, -0.05) is 18.2 Å². The summed E-state index contributed by atoms with van der Waals surface area (Å²) >= 11 is 1.83. The Morgan fingerprint density at radius 3 is 3.12 bits per heavy atom. The van der Waals surface area contributed by atoms with Gasteiger partial charge in [0, 0.05) is 42.9 Å². The van der Waals surface area contributed by atoms with Gasteiger partial charge in [-0.2, -0.15) is 0 Å². The van der Waals surface area contributed by atoms with Gasteiger partial charge in [-0.3, -0.25) is 4.99 Å². The molecule has 0 saturated carbocycles. The molecule has 1 unspecified atom stereocenters. The highest BCUT2D eigenvalue weighted by Crippen LogP contribution is 2.38. The van der Waals surface area contributed by atoms with Crippen molar-refractivity contribution < 1.29 is 4.74 Å². The molecule has 0 bridgehead atoms. The number of hydrogen-bond acceptors (Lipinski definition) is 3. The molecule has 2 saturated heterocycles.